The smallest absolute Gasteiger partial charge is 0.327 e. The summed E-state index contributed by atoms with van der Waals surface area (Å²) >= 11 is 0. The van der Waals surface area contributed by atoms with E-state index < -0.39 is 7.60 Å². The molecule has 0 radical (unpaired) electrons. The van der Waals surface area contributed by atoms with Crippen LogP contribution in [0.1, 0.15) is 45.4 Å². The van der Waals surface area contributed by atoms with Gasteiger partial charge < -0.3 is 26.4 Å². The fourth-order valence-corrected chi connectivity index (χ4v) is 3.24. The quantitative estimate of drug-likeness (QED) is 0.443. The van der Waals surface area contributed by atoms with Crippen molar-refractivity contribution >= 4 is 7.60 Å². The normalized spacial score (nSPS) is 19.7. The van der Waals surface area contributed by atoms with Crippen LogP contribution in [0.3, 0.4) is 0 Å². The predicted octanol–water partition coefficient (Wildman–Crippen LogP) is -0.894. The van der Waals surface area contributed by atoms with Gasteiger partial charge in [0.2, 0.25) is 0 Å². The van der Waals surface area contributed by atoms with E-state index in [0.29, 0.717) is 13.2 Å². The third-order valence-electron chi connectivity index (χ3n) is 3.42. The lowest BCUT2D eigenvalue weighted by Gasteiger charge is -2.24. The maximum absolute atomic E-state index is 12.0. The van der Waals surface area contributed by atoms with E-state index in [9.17, 15) is 4.57 Å². The lowest BCUT2D eigenvalue weighted by molar-refractivity contribution is -0.904. The monoisotopic (exact) mass is 313 g/mol. The molecule has 1 N–H and O–H groups in total. The molecule has 0 aromatic heterocycles. The van der Waals surface area contributed by atoms with Crippen LogP contribution in [-0.4, -0.2) is 39.5 Å². The van der Waals surface area contributed by atoms with Crippen LogP contribution in [0.25, 0.3) is 0 Å². The Balaban J connectivity index is 0.00000324. The van der Waals surface area contributed by atoms with Gasteiger partial charge in [0.05, 0.1) is 19.7 Å². The molecule has 116 valence electrons. The molecule has 1 aliphatic heterocycles. The second-order valence-corrected chi connectivity index (χ2v) is 7.26. The number of likely N-dealkylation sites (tertiary alicyclic amines) is 1. The molecule has 6 heteroatoms. The molecule has 0 aromatic carbocycles. The van der Waals surface area contributed by atoms with Crippen molar-refractivity contribution in [2.24, 2.45) is 0 Å². The van der Waals surface area contributed by atoms with Crippen molar-refractivity contribution in [3.63, 3.8) is 0 Å². The van der Waals surface area contributed by atoms with Gasteiger partial charge in [0.15, 0.2) is 0 Å². The van der Waals surface area contributed by atoms with Crippen LogP contribution in [0.4, 0.5) is 0 Å². The van der Waals surface area contributed by atoms with Gasteiger partial charge in [0, 0.05) is 6.66 Å². The Hall–Kier alpha value is 0.400. The average Bonchev–Trinajstić information content (AvgIpc) is 2.36. The van der Waals surface area contributed by atoms with Crippen molar-refractivity contribution in [2.45, 2.75) is 45.4 Å². The van der Waals surface area contributed by atoms with Crippen molar-refractivity contribution in [3.8, 4) is 0 Å². The van der Waals surface area contributed by atoms with E-state index in [4.69, 9.17) is 9.05 Å². The SMILES string of the molecule is CCCCCOP(C)(=O)OCC[NH+]1CCCCC1.[Cl-]. The van der Waals surface area contributed by atoms with Gasteiger partial charge in [-0.15, -0.1) is 0 Å². The van der Waals surface area contributed by atoms with E-state index >= 15 is 0 Å². The molecule has 19 heavy (non-hydrogen) atoms. The summed E-state index contributed by atoms with van der Waals surface area (Å²) in [6.45, 7) is 8.25. The highest BCUT2D eigenvalue weighted by molar-refractivity contribution is 7.52. The Morgan fingerprint density at radius 2 is 1.68 bits per heavy atom. The van der Waals surface area contributed by atoms with E-state index in [1.807, 2.05) is 0 Å². The van der Waals surface area contributed by atoms with E-state index in [1.54, 1.807) is 11.6 Å². The maximum Gasteiger partial charge on any atom is 0.327 e. The minimum Gasteiger partial charge on any atom is -1.00 e. The first-order valence-corrected chi connectivity index (χ1v) is 9.33. The Kier molecular flexibility index (Phi) is 11.3. The molecule has 0 saturated carbocycles. The summed E-state index contributed by atoms with van der Waals surface area (Å²) in [5.41, 5.74) is 0. The fraction of sp³-hybridized carbons (Fsp3) is 1.00. The molecular formula is C13H29ClNO3P. The van der Waals surface area contributed by atoms with E-state index in [2.05, 4.69) is 6.92 Å². The molecule has 0 aromatic rings. The number of hydrogen-bond donors (Lipinski definition) is 1. The van der Waals surface area contributed by atoms with Crippen molar-refractivity contribution in [1.82, 2.24) is 0 Å². The second kappa shape index (κ2) is 11.1. The Morgan fingerprint density at radius 1 is 1.05 bits per heavy atom. The number of unbranched alkanes of at least 4 members (excludes halogenated alkanes) is 2. The highest BCUT2D eigenvalue weighted by atomic mass is 35.5. The topological polar surface area (TPSA) is 40.0 Å². The molecule has 1 aliphatic rings. The van der Waals surface area contributed by atoms with Gasteiger partial charge >= 0.3 is 7.60 Å². The molecule has 0 amide bonds. The molecule has 0 bridgehead atoms. The van der Waals surface area contributed by atoms with Crippen molar-refractivity contribution in [1.29, 1.82) is 0 Å². The zero-order chi connectivity index (χ0) is 13.3. The van der Waals surface area contributed by atoms with Crippen LogP contribution in [0.15, 0.2) is 0 Å². The van der Waals surface area contributed by atoms with E-state index in [-0.39, 0.29) is 12.4 Å². The van der Waals surface area contributed by atoms with Gasteiger partial charge in [0.1, 0.15) is 13.2 Å². The van der Waals surface area contributed by atoms with E-state index in [1.165, 1.54) is 32.4 Å². The molecular weight excluding hydrogens is 285 g/mol. The Morgan fingerprint density at radius 3 is 2.32 bits per heavy atom. The molecule has 1 heterocycles. The molecule has 0 spiro atoms. The first-order valence-electron chi connectivity index (χ1n) is 7.34. The van der Waals surface area contributed by atoms with Gasteiger partial charge in [-0.05, 0) is 25.7 Å². The lowest BCUT2D eigenvalue weighted by Crippen LogP contribution is -3.13. The minimum atomic E-state index is -2.81. The van der Waals surface area contributed by atoms with Gasteiger partial charge in [-0.25, -0.2) is 0 Å². The summed E-state index contributed by atoms with van der Waals surface area (Å²) in [7, 11) is -2.81. The number of hydrogen-bond acceptors (Lipinski definition) is 3. The summed E-state index contributed by atoms with van der Waals surface area (Å²) in [5.74, 6) is 0. The average molecular weight is 314 g/mol. The van der Waals surface area contributed by atoms with Gasteiger partial charge in [-0.2, -0.15) is 0 Å². The highest BCUT2D eigenvalue weighted by Crippen LogP contribution is 2.43. The van der Waals surface area contributed by atoms with Gasteiger partial charge in [-0.3, -0.25) is 4.57 Å². The first-order chi connectivity index (χ1) is 8.64. The number of quaternary nitrogens is 1. The summed E-state index contributed by atoms with van der Waals surface area (Å²) in [6, 6.07) is 0. The molecule has 1 saturated heterocycles. The van der Waals surface area contributed by atoms with E-state index in [0.717, 1.165) is 25.8 Å². The number of rotatable bonds is 9. The first kappa shape index (κ1) is 19.4. The molecule has 1 fully saturated rings. The van der Waals surface area contributed by atoms with Crippen LogP contribution in [0, 0.1) is 0 Å². The van der Waals surface area contributed by atoms with Crippen LogP contribution < -0.4 is 17.3 Å². The summed E-state index contributed by atoms with van der Waals surface area (Å²) < 4.78 is 22.7. The molecule has 1 unspecified atom stereocenters. The number of halogens is 1. The molecule has 1 rings (SSSR count). The summed E-state index contributed by atoms with van der Waals surface area (Å²) in [6.07, 6.45) is 7.22. The van der Waals surface area contributed by atoms with Crippen molar-refractivity contribution in [3.05, 3.63) is 0 Å². The second-order valence-electron chi connectivity index (χ2n) is 5.21. The maximum atomic E-state index is 12.0. The van der Waals surface area contributed by atoms with Gasteiger partial charge in [0.25, 0.3) is 0 Å². The lowest BCUT2D eigenvalue weighted by atomic mass is 10.1. The van der Waals surface area contributed by atoms with Crippen LogP contribution in [-0.2, 0) is 13.6 Å². The van der Waals surface area contributed by atoms with Crippen molar-refractivity contribution in [2.75, 3.05) is 39.5 Å². The Bertz CT molecular complexity index is 260. The highest BCUT2D eigenvalue weighted by Gasteiger charge is 2.19. The van der Waals surface area contributed by atoms with Gasteiger partial charge in [-0.1, -0.05) is 19.8 Å². The van der Waals surface area contributed by atoms with Crippen LogP contribution in [0.5, 0.6) is 0 Å². The Labute approximate surface area is 124 Å². The standard InChI is InChI=1S/C13H28NO3P.ClH/c1-3-4-8-12-16-18(2,15)17-13-11-14-9-6-5-7-10-14;/h3-13H2,1-2H3;1H. The molecule has 0 aliphatic carbocycles. The molecule has 4 nitrogen and oxygen atoms in total. The fourth-order valence-electron chi connectivity index (χ4n) is 2.28. The zero-order valence-electron chi connectivity index (χ0n) is 12.3. The largest absolute Gasteiger partial charge is 1.00 e. The van der Waals surface area contributed by atoms with Crippen LogP contribution in [0.2, 0.25) is 0 Å². The zero-order valence-corrected chi connectivity index (χ0v) is 14.0. The molecule has 1 atom stereocenters. The number of nitrogens with one attached hydrogen (secondary N) is 1. The summed E-state index contributed by atoms with van der Waals surface area (Å²) in [5, 5.41) is 0. The predicted molar refractivity (Wildman–Crippen MR) is 74.4 cm³/mol. The third-order valence-corrected chi connectivity index (χ3v) is 4.72. The minimum absolute atomic E-state index is 0. The summed E-state index contributed by atoms with van der Waals surface area (Å²) in [4.78, 5) is 1.58. The van der Waals surface area contributed by atoms with Crippen LogP contribution >= 0.6 is 7.60 Å². The third kappa shape index (κ3) is 9.86. The van der Waals surface area contributed by atoms with Crippen molar-refractivity contribution < 1.29 is 30.9 Å². The number of piperidine rings is 1.